The number of nitrogens with zero attached hydrogens (tertiary/aromatic N) is 3. The number of nitro groups is 1. The van der Waals surface area contributed by atoms with Crippen molar-refractivity contribution >= 4 is 17.5 Å². The predicted octanol–water partition coefficient (Wildman–Crippen LogP) is 2.81. The Hall–Kier alpha value is -1.92. The standard InChI is InChI=1S/C13H21N5O2/c1-3-14-13-15-8-11(18(19)20)12(17-13)16-10-7-5-4-6-9(10)2/h8-10H,3-7H2,1-2H3,(H2,14,15,16,17). The highest BCUT2D eigenvalue weighted by molar-refractivity contribution is 5.57. The van der Waals surface area contributed by atoms with Gasteiger partial charge in [0, 0.05) is 12.6 Å². The van der Waals surface area contributed by atoms with Crippen molar-refractivity contribution in [1.29, 1.82) is 0 Å². The van der Waals surface area contributed by atoms with Crippen LogP contribution in [0.15, 0.2) is 6.20 Å². The molecule has 2 unspecified atom stereocenters. The van der Waals surface area contributed by atoms with Crippen LogP contribution >= 0.6 is 0 Å². The zero-order valence-electron chi connectivity index (χ0n) is 11.9. The summed E-state index contributed by atoms with van der Waals surface area (Å²) in [4.78, 5) is 18.8. The first kappa shape index (κ1) is 14.5. The van der Waals surface area contributed by atoms with Crippen LogP contribution in [0.25, 0.3) is 0 Å². The second-order valence-corrected chi connectivity index (χ2v) is 5.23. The third kappa shape index (κ3) is 3.34. The van der Waals surface area contributed by atoms with Gasteiger partial charge in [-0.1, -0.05) is 19.8 Å². The minimum atomic E-state index is -0.439. The van der Waals surface area contributed by atoms with Crippen molar-refractivity contribution in [3.8, 4) is 0 Å². The second-order valence-electron chi connectivity index (χ2n) is 5.23. The lowest BCUT2D eigenvalue weighted by Gasteiger charge is -2.29. The minimum Gasteiger partial charge on any atom is -0.361 e. The topological polar surface area (TPSA) is 93.0 Å². The Morgan fingerprint density at radius 1 is 1.45 bits per heavy atom. The third-order valence-electron chi connectivity index (χ3n) is 3.73. The van der Waals surface area contributed by atoms with Crippen LogP contribution in [0.2, 0.25) is 0 Å². The molecule has 110 valence electrons. The van der Waals surface area contributed by atoms with Crippen LogP contribution in [0.5, 0.6) is 0 Å². The fourth-order valence-corrected chi connectivity index (χ4v) is 2.56. The summed E-state index contributed by atoms with van der Waals surface area (Å²) >= 11 is 0. The Kier molecular flexibility index (Phi) is 4.70. The van der Waals surface area contributed by atoms with Gasteiger partial charge < -0.3 is 10.6 Å². The van der Waals surface area contributed by atoms with E-state index in [1.54, 1.807) is 0 Å². The first-order valence-electron chi connectivity index (χ1n) is 7.13. The van der Waals surface area contributed by atoms with Crippen LogP contribution in [0, 0.1) is 16.0 Å². The third-order valence-corrected chi connectivity index (χ3v) is 3.73. The molecule has 2 atom stereocenters. The van der Waals surface area contributed by atoms with Crippen LogP contribution < -0.4 is 10.6 Å². The first-order valence-corrected chi connectivity index (χ1v) is 7.13. The van der Waals surface area contributed by atoms with E-state index in [0.717, 1.165) is 19.3 Å². The van der Waals surface area contributed by atoms with Gasteiger partial charge in [-0.2, -0.15) is 4.98 Å². The molecule has 1 aliphatic carbocycles. The molecule has 2 N–H and O–H groups in total. The van der Waals surface area contributed by atoms with E-state index in [9.17, 15) is 10.1 Å². The molecule has 1 aliphatic rings. The normalized spacial score (nSPS) is 22.3. The summed E-state index contributed by atoms with van der Waals surface area (Å²) in [6.07, 6.45) is 5.82. The van der Waals surface area contributed by atoms with E-state index >= 15 is 0 Å². The highest BCUT2D eigenvalue weighted by Gasteiger charge is 2.25. The fourth-order valence-electron chi connectivity index (χ4n) is 2.56. The molecule has 0 aliphatic heterocycles. The molecular weight excluding hydrogens is 258 g/mol. The lowest BCUT2D eigenvalue weighted by Crippen LogP contribution is -2.31. The van der Waals surface area contributed by atoms with Gasteiger partial charge in [0.1, 0.15) is 6.20 Å². The molecule has 0 bridgehead atoms. The summed E-state index contributed by atoms with van der Waals surface area (Å²) in [6.45, 7) is 4.78. The zero-order valence-corrected chi connectivity index (χ0v) is 11.9. The number of nitrogens with one attached hydrogen (secondary N) is 2. The largest absolute Gasteiger partial charge is 0.361 e. The average molecular weight is 279 g/mol. The van der Waals surface area contributed by atoms with Gasteiger partial charge in [0.2, 0.25) is 11.8 Å². The van der Waals surface area contributed by atoms with E-state index in [-0.39, 0.29) is 11.7 Å². The molecule has 1 saturated carbocycles. The summed E-state index contributed by atoms with van der Waals surface area (Å²) in [7, 11) is 0. The van der Waals surface area contributed by atoms with Crippen LogP contribution in [-0.2, 0) is 0 Å². The van der Waals surface area contributed by atoms with Crippen LogP contribution in [0.4, 0.5) is 17.5 Å². The summed E-state index contributed by atoms with van der Waals surface area (Å²) in [6, 6.07) is 0.242. The summed E-state index contributed by atoms with van der Waals surface area (Å²) in [5, 5.41) is 17.3. The van der Waals surface area contributed by atoms with Crippen molar-refractivity contribution in [3.05, 3.63) is 16.3 Å². The van der Waals surface area contributed by atoms with Gasteiger partial charge in [0.15, 0.2) is 0 Å². The molecule has 1 fully saturated rings. The highest BCUT2D eigenvalue weighted by Crippen LogP contribution is 2.29. The summed E-state index contributed by atoms with van der Waals surface area (Å²) in [5.41, 5.74) is -0.0653. The minimum absolute atomic E-state index is 0.0653. The Morgan fingerprint density at radius 3 is 2.85 bits per heavy atom. The monoisotopic (exact) mass is 279 g/mol. The van der Waals surface area contributed by atoms with Crippen molar-refractivity contribution in [2.45, 2.75) is 45.6 Å². The Morgan fingerprint density at radius 2 is 2.20 bits per heavy atom. The Bertz CT molecular complexity index is 480. The highest BCUT2D eigenvalue weighted by atomic mass is 16.6. The molecule has 20 heavy (non-hydrogen) atoms. The number of anilines is 2. The number of hydrogen-bond donors (Lipinski definition) is 2. The van der Waals surface area contributed by atoms with E-state index < -0.39 is 4.92 Å². The molecular formula is C13H21N5O2. The number of rotatable bonds is 5. The van der Waals surface area contributed by atoms with E-state index in [0.29, 0.717) is 24.2 Å². The number of hydrogen-bond acceptors (Lipinski definition) is 6. The van der Waals surface area contributed by atoms with Gasteiger partial charge in [0.05, 0.1) is 4.92 Å². The summed E-state index contributed by atoms with van der Waals surface area (Å²) in [5.74, 6) is 1.24. The summed E-state index contributed by atoms with van der Waals surface area (Å²) < 4.78 is 0. The van der Waals surface area contributed by atoms with E-state index in [2.05, 4.69) is 27.5 Å². The van der Waals surface area contributed by atoms with Crippen molar-refractivity contribution in [2.75, 3.05) is 17.2 Å². The van der Waals surface area contributed by atoms with Crippen LogP contribution in [-0.4, -0.2) is 27.5 Å². The van der Waals surface area contributed by atoms with E-state index in [1.807, 2.05) is 6.92 Å². The van der Waals surface area contributed by atoms with E-state index in [4.69, 9.17) is 0 Å². The molecule has 0 radical (unpaired) electrons. The molecule has 0 saturated heterocycles. The van der Waals surface area contributed by atoms with Crippen molar-refractivity contribution in [3.63, 3.8) is 0 Å². The van der Waals surface area contributed by atoms with Gasteiger partial charge in [-0.05, 0) is 25.7 Å². The fraction of sp³-hybridized carbons (Fsp3) is 0.692. The first-order chi connectivity index (χ1) is 9.61. The second kappa shape index (κ2) is 6.49. The maximum atomic E-state index is 11.1. The van der Waals surface area contributed by atoms with Gasteiger partial charge in [-0.15, -0.1) is 0 Å². The van der Waals surface area contributed by atoms with Gasteiger partial charge in [-0.3, -0.25) is 10.1 Å². The van der Waals surface area contributed by atoms with Crippen molar-refractivity contribution in [2.24, 2.45) is 5.92 Å². The molecule has 0 aromatic carbocycles. The van der Waals surface area contributed by atoms with Crippen LogP contribution in [0.3, 0.4) is 0 Å². The maximum absolute atomic E-state index is 11.1. The maximum Gasteiger partial charge on any atom is 0.329 e. The lowest BCUT2D eigenvalue weighted by molar-refractivity contribution is -0.384. The molecule has 7 heteroatoms. The smallest absolute Gasteiger partial charge is 0.329 e. The SMILES string of the molecule is CCNc1ncc([N+](=O)[O-])c(NC2CCCCC2C)n1. The molecule has 1 aromatic rings. The van der Waals surface area contributed by atoms with Crippen LogP contribution in [0.1, 0.15) is 39.5 Å². The van der Waals surface area contributed by atoms with Gasteiger partial charge in [-0.25, -0.2) is 4.98 Å². The molecule has 1 heterocycles. The molecule has 1 aromatic heterocycles. The molecule has 0 spiro atoms. The molecule has 2 rings (SSSR count). The molecule has 7 nitrogen and oxygen atoms in total. The number of aromatic nitrogens is 2. The van der Waals surface area contributed by atoms with E-state index in [1.165, 1.54) is 12.6 Å². The lowest BCUT2D eigenvalue weighted by atomic mass is 9.86. The average Bonchev–Trinajstić information content (AvgIpc) is 2.42. The quantitative estimate of drug-likeness (QED) is 0.636. The van der Waals surface area contributed by atoms with Crippen molar-refractivity contribution in [1.82, 2.24) is 9.97 Å². The Labute approximate surface area is 118 Å². The molecule has 0 amide bonds. The van der Waals surface area contributed by atoms with Gasteiger partial charge in [0.25, 0.3) is 0 Å². The Balaban J connectivity index is 2.22. The van der Waals surface area contributed by atoms with Crippen molar-refractivity contribution < 1.29 is 4.92 Å². The predicted molar refractivity (Wildman–Crippen MR) is 77.9 cm³/mol. The zero-order chi connectivity index (χ0) is 14.5. The van der Waals surface area contributed by atoms with Gasteiger partial charge >= 0.3 is 5.69 Å².